The molecule has 0 atom stereocenters. The van der Waals surface area contributed by atoms with Crippen molar-refractivity contribution in [2.24, 2.45) is 10.9 Å². The molecule has 0 aliphatic heterocycles. The van der Waals surface area contributed by atoms with Crippen LogP contribution < -0.4 is 5.73 Å². The molecule has 0 heterocycles. The molecule has 3 N–H and O–H groups in total. The van der Waals surface area contributed by atoms with Crippen molar-refractivity contribution in [3.05, 3.63) is 0 Å². The SMILES string of the molecule is CN(CC1(N(C)C)CCC1)C(=O)CC(N)=NO. The lowest BCUT2D eigenvalue weighted by atomic mass is 9.75. The van der Waals surface area contributed by atoms with Gasteiger partial charge in [-0.25, -0.2) is 0 Å². The lowest BCUT2D eigenvalue weighted by Crippen LogP contribution is -2.57. The molecule has 0 spiro atoms. The molecule has 6 nitrogen and oxygen atoms in total. The predicted octanol–water partition coefficient (Wildman–Crippen LogP) is 0.0656. The number of hydrogen-bond donors (Lipinski definition) is 2. The zero-order valence-corrected chi connectivity index (χ0v) is 10.8. The molecule has 98 valence electrons. The smallest absolute Gasteiger partial charge is 0.230 e. The zero-order valence-electron chi connectivity index (χ0n) is 10.8. The van der Waals surface area contributed by atoms with Crippen LogP contribution in [0.25, 0.3) is 0 Å². The summed E-state index contributed by atoms with van der Waals surface area (Å²) in [5.41, 5.74) is 5.43. The number of rotatable bonds is 5. The lowest BCUT2D eigenvalue weighted by Gasteiger charge is -2.49. The van der Waals surface area contributed by atoms with Gasteiger partial charge < -0.3 is 20.7 Å². The Morgan fingerprint density at radius 1 is 1.41 bits per heavy atom. The van der Waals surface area contributed by atoms with E-state index in [4.69, 9.17) is 10.9 Å². The Morgan fingerprint density at radius 3 is 2.35 bits per heavy atom. The van der Waals surface area contributed by atoms with E-state index in [9.17, 15) is 4.79 Å². The molecule has 1 fully saturated rings. The first-order valence-corrected chi connectivity index (χ1v) is 5.79. The first kappa shape index (κ1) is 13.8. The average molecular weight is 242 g/mol. The summed E-state index contributed by atoms with van der Waals surface area (Å²) < 4.78 is 0. The highest BCUT2D eigenvalue weighted by Crippen LogP contribution is 2.36. The van der Waals surface area contributed by atoms with Crippen molar-refractivity contribution in [2.75, 3.05) is 27.7 Å². The van der Waals surface area contributed by atoms with Crippen LogP contribution in [0.1, 0.15) is 25.7 Å². The minimum atomic E-state index is -0.117. The Balaban J connectivity index is 2.53. The fourth-order valence-corrected chi connectivity index (χ4v) is 2.19. The standard InChI is InChI=1S/C11H22N4O2/c1-14(2)11(5-4-6-11)8-15(3)10(16)7-9(12)13-17/h17H,4-8H2,1-3H3,(H2,12,13). The van der Waals surface area contributed by atoms with Crippen LogP contribution in [0.3, 0.4) is 0 Å². The van der Waals surface area contributed by atoms with E-state index in [0.717, 1.165) is 12.8 Å². The van der Waals surface area contributed by atoms with Crippen molar-refractivity contribution >= 4 is 11.7 Å². The van der Waals surface area contributed by atoms with Crippen LogP contribution in [0.4, 0.5) is 0 Å². The third kappa shape index (κ3) is 3.09. The van der Waals surface area contributed by atoms with Crippen molar-refractivity contribution in [1.29, 1.82) is 0 Å². The van der Waals surface area contributed by atoms with Crippen LogP contribution in [0, 0.1) is 0 Å². The average Bonchev–Trinajstić information content (AvgIpc) is 2.22. The second-order valence-corrected chi connectivity index (χ2v) is 4.99. The molecule has 1 amide bonds. The van der Waals surface area contributed by atoms with Gasteiger partial charge >= 0.3 is 0 Å². The number of hydrogen-bond acceptors (Lipinski definition) is 4. The molecule has 0 unspecified atom stereocenters. The fourth-order valence-electron chi connectivity index (χ4n) is 2.19. The second-order valence-electron chi connectivity index (χ2n) is 4.99. The van der Waals surface area contributed by atoms with Gasteiger partial charge in [0.05, 0.1) is 6.42 Å². The first-order chi connectivity index (χ1) is 7.91. The molecule has 0 aromatic heterocycles. The number of amides is 1. The fraction of sp³-hybridized carbons (Fsp3) is 0.818. The van der Waals surface area contributed by atoms with E-state index in [1.165, 1.54) is 6.42 Å². The number of likely N-dealkylation sites (N-methyl/N-ethyl adjacent to an activating group) is 2. The summed E-state index contributed by atoms with van der Waals surface area (Å²) in [7, 11) is 5.85. The second kappa shape index (κ2) is 5.35. The Morgan fingerprint density at radius 2 is 2.00 bits per heavy atom. The quantitative estimate of drug-likeness (QED) is 0.309. The minimum absolute atomic E-state index is 0.0312. The van der Waals surface area contributed by atoms with Crippen molar-refractivity contribution < 1.29 is 10.0 Å². The van der Waals surface area contributed by atoms with E-state index in [2.05, 4.69) is 10.1 Å². The molecule has 0 saturated heterocycles. The third-order valence-electron chi connectivity index (χ3n) is 3.65. The molecule has 1 aliphatic carbocycles. The van der Waals surface area contributed by atoms with E-state index >= 15 is 0 Å². The van der Waals surface area contributed by atoms with E-state index in [1.807, 2.05) is 14.1 Å². The molecular formula is C11H22N4O2. The molecule has 17 heavy (non-hydrogen) atoms. The highest BCUT2D eigenvalue weighted by molar-refractivity contribution is 5.98. The Labute approximate surface area is 102 Å². The van der Waals surface area contributed by atoms with Gasteiger partial charge in [-0.2, -0.15) is 0 Å². The number of carbonyl (C=O) groups excluding carboxylic acids is 1. The van der Waals surface area contributed by atoms with Crippen molar-refractivity contribution in [2.45, 2.75) is 31.2 Å². The molecule has 0 aromatic carbocycles. The third-order valence-corrected chi connectivity index (χ3v) is 3.65. The topological polar surface area (TPSA) is 82.2 Å². The van der Waals surface area contributed by atoms with Crippen LogP contribution in [-0.2, 0) is 4.79 Å². The molecule has 1 rings (SSSR count). The molecule has 0 radical (unpaired) electrons. The molecule has 0 aromatic rings. The monoisotopic (exact) mass is 242 g/mol. The number of oxime groups is 1. The van der Waals surface area contributed by atoms with Crippen LogP contribution in [-0.4, -0.2) is 60.0 Å². The molecule has 1 saturated carbocycles. The summed E-state index contributed by atoms with van der Waals surface area (Å²) in [6.45, 7) is 0.692. The first-order valence-electron chi connectivity index (χ1n) is 5.79. The van der Waals surface area contributed by atoms with E-state index in [-0.39, 0.29) is 23.7 Å². The van der Waals surface area contributed by atoms with E-state index < -0.39 is 0 Å². The Kier molecular flexibility index (Phi) is 4.34. The summed E-state index contributed by atoms with van der Waals surface area (Å²) >= 11 is 0. The van der Waals surface area contributed by atoms with E-state index in [1.54, 1.807) is 11.9 Å². The molecule has 0 bridgehead atoms. The summed E-state index contributed by atoms with van der Waals surface area (Å²) in [6, 6.07) is 0. The maximum absolute atomic E-state index is 11.8. The van der Waals surface area contributed by atoms with Gasteiger partial charge in [-0.15, -0.1) is 0 Å². The van der Waals surface area contributed by atoms with Crippen molar-refractivity contribution in [1.82, 2.24) is 9.80 Å². The van der Waals surface area contributed by atoms with Gasteiger partial charge in [-0.3, -0.25) is 4.79 Å². The summed E-state index contributed by atoms with van der Waals surface area (Å²) in [5, 5.41) is 11.2. The van der Waals surface area contributed by atoms with Gasteiger partial charge in [-0.1, -0.05) is 5.16 Å². The largest absolute Gasteiger partial charge is 0.409 e. The van der Waals surface area contributed by atoms with Gasteiger partial charge in [0.1, 0.15) is 5.84 Å². The minimum Gasteiger partial charge on any atom is -0.409 e. The van der Waals surface area contributed by atoms with Gasteiger partial charge in [0.15, 0.2) is 0 Å². The van der Waals surface area contributed by atoms with Gasteiger partial charge in [-0.05, 0) is 33.4 Å². The summed E-state index contributed by atoms with van der Waals surface area (Å²) in [5.74, 6) is -0.164. The summed E-state index contributed by atoms with van der Waals surface area (Å²) in [6.07, 6.45) is 3.40. The van der Waals surface area contributed by atoms with Gasteiger partial charge in [0.25, 0.3) is 0 Å². The lowest BCUT2D eigenvalue weighted by molar-refractivity contribution is -0.131. The van der Waals surface area contributed by atoms with Gasteiger partial charge in [0.2, 0.25) is 5.91 Å². The summed E-state index contributed by atoms with van der Waals surface area (Å²) in [4.78, 5) is 15.6. The zero-order chi connectivity index (χ0) is 13.1. The number of amidine groups is 1. The van der Waals surface area contributed by atoms with E-state index in [0.29, 0.717) is 6.54 Å². The predicted molar refractivity (Wildman–Crippen MR) is 65.9 cm³/mol. The Hall–Kier alpha value is -1.30. The van der Waals surface area contributed by atoms with Crippen LogP contribution >= 0.6 is 0 Å². The maximum atomic E-state index is 11.8. The normalized spacial score (nSPS) is 18.9. The number of carbonyl (C=O) groups is 1. The molecule has 6 heteroatoms. The van der Waals surface area contributed by atoms with Crippen LogP contribution in [0.5, 0.6) is 0 Å². The highest BCUT2D eigenvalue weighted by Gasteiger charge is 2.40. The van der Waals surface area contributed by atoms with Crippen LogP contribution in [0.2, 0.25) is 0 Å². The molecule has 1 aliphatic rings. The number of nitrogens with zero attached hydrogens (tertiary/aromatic N) is 3. The van der Waals surface area contributed by atoms with Crippen LogP contribution in [0.15, 0.2) is 5.16 Å². The molecular weight excluding hydrogens is 220 g/mol. The highest BCUT2D eigenvalue weighted by atomic mass is 16.4. The number of nitrogens with two attached hydrogens (primary N) is 1. The van der Waals surface area contributed by atoms with Crippen molar-refractivity contribution in [3.63, 3.8) is 0 Å². The van der Waals surface area contributed by atoms with Crippen molar-refractivity contribution in [3.8, 4) is 0 Å². The Bertz CT molecular complexity index is 311. The van der Waals surface area contributed by atoms with Gasteiger partial charge in [0, 0.05) is 19.1 Å². The maximum Gasteiger partial charge on any atom is 0.230 e.